The Morgan fingerprint density at radius 3 is 2.60 bits per heavy atom. The van der Waals surface area contributed by atoms with Crippen molar-refractivity contribution in [1.29, 1.82) is 0 Å². The average Bonchev–Trinajstić information content (AvgIpc) is 1.99. The molecule has 0 aromatic heterocycles. The van der Waals surface area contributed by atoms with E-state index in [1.54, 1.807) is 27.7 Å². The Balaban J connectivity index is 2.57. The van der Waals surface area contributed by atoms with Gasteiger partial charge in [-0.1, -0.05) is 0 Å². The van der Waals surface area contributed by atoms with Gasteiger partial charge >= 0.3 is 12.2 Å². The number of rotatable bonds is 0. The molecular weight excluding hydrogens is 198 g/mol. The van der Waals surface area contributed by atoms with E-state index in [1.165, 1.54) is 0 Å². The van der Waals surface area contributed by atoms with Crippen molar-refractivity contribution in [2.75, 3.05) is 6.54 Å². The van der Waals surface area contributed by atoms with E-state index < -0.39 is 17.8 Å². The Bertz CT molecular complexity index is 269. The van der Waals surface area contributed by atoms with Gasteiger partial charge in [0.25, 0.3) is 0 Å². The molecule has 1 atom stereocenters. The number of ether oxygens (including phenoxy) is 2. The van der Waals surface area contributed by atoms with Gasteiger partial charge in [-0.3, -0.25) is 0 Å². The summed E-state index contributed by atoms with van der Waals surface area (Å²) in [4.78, 5) is 23.9. The molecule has 5 nitrogen and oxygen atoms in total. The minimum atomic E-state index is -0.639. The highest BCUT2D eigenvalue weighted by Crippen LogP contribution is 2.15. The van der Waals surface area contributed by atoms with Crippen LogP contribution in [0.2, 0.25) is 0 Å². The Morgan fingerprint density at radius 2 is 2.13 bits per heavy atom. The standard InChI is InChI=1S/C10H17NO4/c1-7-5-6-11(8(12)14-7)9(13)15-10(2,3)4/h7H,5-6H2,1-4H3. The molecule has 1 fully saturated rings. The highest BCUT2D eigenvalue weighted by Gasteiger charge is 2.32. The van der Waals surface area contributed by atoms with Gasteiger partial charge in [0.1, 0.15) is 11.7 Å². The summed E-state index contributed by atoms with van der Waals surface area (Å²) in [6.45, 7) is 7.41. The quantitative estimate of drug-likeness (QED) is 0.621. The zero-order valence-corrected chi connectivity index (χ0v) is 9.57. The summed E-state index contributed by atoms with van der Waals surface area (Å²) in [6.07, 6.45) is -0.746. The van der Waals surface area contributed by atoms with E-state index in [-0.39, 0.29) is 6.10 Å². The topological polar surface area (TPSA) is 55.8 Å². The highest BCUT2D eigenvalue weighted by molar-refractivity contribution is 5.88. The summed E-state index contributed by atoms with van der Waals surface area (Å²) in [7, 11) is 0. The fourth-order valence-electron chi connectivity index (χ4n) is 1.18. The first-order valence-corrected chi connectivity index (χ1v) is 5.01. The van der Waals surface area contributed by atoms with Crippen molar-refractivity contribution in [2.45, 2.75) is 45.8 Å². The zero-order valence-electron chi connectivity index (χ0n) is 9.57. The lowest BCUT2D eigenvalue weighted by Gasteiger charge is -2.30. The maximum atomic E-state index is 11.5. The van der Waals surface area contributed by atoms with E-state index in [9.17, 15) is 9.59 Å². The van der Waals surface area contributed by atoms with E-state index in [0.717, 1.165) is 4.90 Å². The molecule has 0 saturated carbocycles. The number of cyclic esters (lactones) is 1. The molecule has 0 spiro atoms. The lowest BCUT2D eigenvalue weighted by Crippen LogP contribution is -2.46. The van der Waals surface area contributed by atoms with E-state index in [4.69, 9.17) is 9.47 Å². The maximum Gasteiger partial charge on any atom is 0.419 e. The van der Waals surface area contributed by atoms with Crippen LogP contribution < -0.4 is 0 Å². The molecule has 2 amide bonds. The second kappa shape index (κ2) is 4.08. The van der Waals surface area contributed by atoms with Crippen molar-refractivity contribution in [3.63, 3.8) is 0 Å². The molecule has 0 N–H and O–H groups in total. The van der Waals surface area contributed by atoms with Gasteiger partial charge in [-0.25, -0.2) is 14.5 Å². The largest absolute Gasteiger partial charge is 0.446 e. The van der Waals surface area contributed by atoms with Gasteiger partial charge in [0.05, 0.1) is 0 Å². The van der Waals surface area contributed by atoms with Crippen LogP contribution in [0.25, 0.3) is 0 Å². The molecular formula is C10H17NO4. The van der Waals surface area contributed by atoms with Gasteiger partial charge in [0, 0.05) is 13.0 Å². The first-order chi connectivity index (χ1) is 6.79. The van der Waals surface area contributed by atoms with Gasteiger partial charge in [0.15, 0.2) is 0 Å². The highest BCUT2D eigenvalue weighted by atomic mass is 16.6. The second-order valence-corrected chi connectivity index (χ2v) is 4.62. The van der Waals surface area contributed by atoms with Crippen LogP contribution in [0, 0.1) is 0 Å². The van der Waals surface area contributed by atoms with Crippen molar-refractivity contribution in [3.05, 3.63) is 0 Å². The molecule has 0 aromatic rings. The number of amides is 2. The van der Waals surface area contributed by atoms with Crippen LogP contribution in [0.3, 0.4) is 0 Å². The van der Waals surface area contributed by atoms with Crippen LogP contribution >= 0.6 is 0 Å². The van der Waals surface area contributed by atoms with E-state index in [1.807, 2.05) is 0 Å². The molecule has 1 heterocycles. The first-order valence-electron chi connectivity index (χ1n) is 5.01. The molecule has 1 rings (SSSR count). The van der Waals surface area contributed by atoms with Gasteiger partial charge in [-0.15, -0.1) is 0 Å². The third kappa shape index (κ3) is 3.42. The van der Waals surface area contributed by atoms with Gasteiger partial charge in [-0.2, -0.15) is 0 Å². The summed E-state index contributed by atoms with van der Waals surface area (Å²) >= 11 is 0. The predicted molar refractivity (Wildman–Crippen MR) is 53.5 cm³/mol. The van der Waals surface area contributed by atoms with Crippen molar-refractivity contribution in [3.8, 4) is 0 Å². The summed E-state index contributed by atoms with van der Waals surface area (Å²) in [5.41, 5.74) is -0.597. The zero-order chi connectivity index (χ0) is 11.6. The number of hydrogen-bond acceptors (Lipinski definition) is 4. The Labute approximate surface area is 89.3 Å². The van der Waals surface area contributed by atoms with Crippen molar-refractivity contribution >= 4 is 12.2 Å². The van der Waals surface area contributed by atoms with Crippen LogP contribution in [0.5, 0.6) is 0 Å². The number of nitrogens with zero attached hydrogens (tertiary/aromatic N) is 1. The lowest BCUT2D eigenvalue weighted by molar-refractivity contribution is -0.00102. The number of hydrogen-bond donors (Lipinski definition) is 0. The fourth-order valence-corrected chi connectivity index (χ4v) is 1.18. The first kappa shape index (κ1) is 11.8. The molecule has 0 radical (unpaired) electrons. The average molecular weight is 215 g/mol. The number of imide groups is 1. The third-order valence-electron chi connectivity index (χ3n) is 1.90. The summed E-state index contributed by atoms with van der Waals surface area (Å²) in [6, 6.07) is 0. The molecule has 1 aliphatic heterocycles. The van der Waals surface area contributed by atoms with Crippen molar-refractivity contribution in [2.24, 2.45) is 0 Å². The van der Waals surface area contributed by atoms with Crippen molar-refractivity contribution in [1.82, 2.24) is 4.90 Å². The van der Waals surface area contributed by atoms with Crippen molar-refractivity contribution < 1.29 is 19.1 Å². The molecule has 1 aliphatic rings. The minimum absolute atomic E-state index is 0.129. The van der Waals surface area contributed by atoms with Crippen LogP contribution in [0.15, 0.2) is 0 Å². The molecule has 1 unspecified atom stereocenters. The molecule has 15 heavy (non-hydrogen) atoms. The van der Waals surface area contributed by atoms with E-state index in [2.05, 4.69) is 0 Å². The Morgan fingerprint density at radius 1 is 1.53 bits per heavy atom. The molecule has 1 saturated heterocycles. The molecule has 0 aliphatic carbocycles. The van der Waals surface area contributed by atoms with Gasteiger partial charge in [-0.05, 0) is 27.7 Å². The molecule has 0 aromatic carbocycles. The lowest BCUT2D eigenvalue weighted by atomic mass is 10.2. The summed E-state index contributed by atoms with van der Waals surface area (Å²) < 4.78 is 9.99. The van der Waals surface area contributed by atoms with E-state index in [0.29, 0.717) is 13.0 Å². The Kier molecular flexibility index (Phi) is 3.21. The SMILES string of the molecule is CC1CCN(C(=O)OC(C)(C)C)C(=O)O1. The fraction of sp³-hybridized carbons (Fsp3) is 0.800. The van der Waals surface area contributed by atoms with Gasteiger partial charge < -0.3 is 9.47 Å². The monoisotopic (exact) mass is 215 g/mol. The minimum Gasteiger partial charge on any atom is -0.446 e. The molecule has 86 valence electrons. The third-order valence-corrected chi connectivity index (χ3v) is 1.90. The summed E-state index contributed by atoms with van der Waals surface area (Å²) in [5.74, 6) is 0. The number of carbonyl (C=O) groups excluding carboxylic acids is 2. The normalized spacial score (nSPS) is 22.3. The van der Waals surface area contributed by atoms with E-state index >= 15 is 0 Å². The maximum absolute atomic E-state index is 11.5. The Hall–Kier alpha value is -1.26. The van der Waals surface area contributed by atoms with Gasteiger partial charge in [0.2, 0.25) is 0 Å². The number of carbonyl (C=O) groups is 2. The molecule has 0 bridgehead atoms. The predicted octanol–water partition coefficient (Wildman–Crippen LogP) is 2.15. The second-order valence-electron chi connectivity index (χ2n) is 4.62. The van der Waals surface area contributed by atoms with Crippen LogP contribution in [0.1, 0.15) is 34.1 Å². The molecule has 5 heteroatoms. The smallest absolute Gasteiger partial charge is 0.419 e. The van der Waals surface area contributed by atoms with Crippen LogP contribution in [0.4, 0.5) is 9.59 Å². The van der Waals surface area contributed by atoms with Crippen LogP contribution in [-0.2, 0) is 9.47 Å². The van der Waals surface area contributed by atoms with Crippen LogP contribution in [-0.4, -0.2) is 35.3 Å². The summed E-state index contributed by atoms with van der Waals surface area (Å²) in [5, 5.41) is 0.